The second kappa shape index (κ2) is 9.46. The number of rotatable bonds is 10. The molecule has 0 fully saturated rings. The lowest BCUT2D eigenvalue weighted by molar-refractivity contribution is 0.0691. The Morgan fingerprint density at radius 1 is 1.00 bits per heavy atom. The molecule has 1 aromatic rings. The zero-order chi connectivity index (χ0) is 16.4. The molecule has 2 heteroatoms. The van der Waals surface area contributed by atoms with Crippen molar-refractivity contribution in [2.75, 3.05) is 6.61 Å². The normalized spacial score (nSPS) is 23.1. The Hall–Kier alpha value is -1.67. The van der Waals surface area contributed by atoms with Gasteiger partial charge in [-0.25, -0.2) is 0 Å². The molecule has 0 aliphatic heterocycles. The third kappa shape index (κ3) is 5.47. The molecule has 0 atom stereocenters. The van der Waals surface area contributed by atoms with Gasteiger partial charge in [0.25, 0.3) is 0 Å². The van der Waals surface area contributed by atoms with Crippen molar-refractivity contribution in [3.63, 3.8) is 0 Å². The van der Waals surface area contributed by atoms with Crippen LogP contribution in [-0.2, 0) is 9.53 Å². The van der Waals surface area contributed by atoms with E-state index in [9.17, 15) is 4.79 Å². The quantitative estimate of drug-likeness (QED) is 0.443. The van der Waals surface area contributed by atoms with Crippen molar-refractivity contribution >= 4 is 6.29 Å². The summed E-state index contributed by atoms with van der Waals surface area (Å²) in [6.45, 7) is 2.82. The lowest BCUT2D eigenvalue weighted by Crippen LogP contribution is -2.32. The van der Waals surface area contributed by atoms with Crippen molar-refractivity contribution in [2.45, 2.75) is 57.0 Å². The molecule has 0 saturated carbocycles. The van der Waals surface area contributed by atoms with Crippen LogP contribution in [0.5, 0.6) is 0 Å². The molecule has 1 aliphatic carbocycles. The second-order valence-electron chi connectivity index (χ2n) is 6.17. The van der Waals surface area contributed by atoms with E-state index in [1.807, 2.05) is 42.5 Å². The Labute approximate surface area is 140 Å². The Balaban J connectivity index is 1.79. The van der Waals surface area contributed by atoms with E-state index in [1.165, 1.54) is 31.2 Å². The van der Waals surface area contributed by atoms with Crippen LogP contribution in [0.2, 0.25) is 0 Å². The van der Waals surface area contributed by atoms with E-state index in [-0.39, 0.29) is 5.92 Å². The van der Waals surface area contributed by atoms with Gasteiger partial charge in [0.1, 0.15) is 0 Å². The topological polar surface area (TPSA) is 26.3 Å². The van der Waals surface area contributed by atoms with Crippen molar-refractivity contribution < 1.29 is 9.53 Å². The van der Waals surface area contributed by atoms with Crippen LogP contribution in [0, 0.1) is 0 Å². The first-order chi connectivity index (χ1) is 11.3. The molecule has 1 aromatic carbocycles. The first kappa shape index (κ1) is 17.7. The zero-order valence-electron chi connectivity index (χ0n) is 14.0. The van der Waals surface area contributed by atoms with Gasteiger partial charge in [-0.15, -0.1) is 0 Å². The van der Waals surface area contributed by atoms with Gasteiger partial charge in [0, 0.05) is 12.5 Å². The van der Waals surface area contributed by atoms with Crippen molar-refractivity contribution in [1.82, 2.24) is 0 Å². The van der Waals surface area contributed by atoms with Gasteiger partial charge >= 0.3 is 0 Å². The molecule has 0 bridgehead atoms. The maximum atomic E-state index is 11.4. The molecule has 23 heavy (non-hydrogen) atoms. The number of unbranched alkanes of at least 4 members (excludes halogenated alkanes) is 5. The largest absolute Gasteiger partial charge is 0.358 e. The summed E-state index contributed by atoms with van der Waals surface area (Å²) in [6, 6.07) is 10.2. The molecule has 0 amide bonds. The van der Waals surface area contributed by atoms with Gasteiger partial charge in [-0.1, -0.05) is 81.5 Å². The fourth-order valence-electron chi connectivity index (χ4n) is 2.83. The molecule has 2 rings (SSSR count). The molecule has 1 radical (unpaired) electrons. The third-order valence-corrected chi connectivity index (χ3v) is 4.29. The van der Waals surface area contributed by atoms with Crippen LogP contribution < -0.4 is 0 Å². The van der Waals surface area contributed by atoms with Crippen LogP contribution in [0.4, 0.5) is 0 Å². The van der Waals surface area contributed by atoms with E-state index in [0.717, 1.165) is 12.8 Å². The van der Waals surface area contributed by atoms with Crippen LogP contribution in [0.25, 0.3) is 0 Å². The predicted molar refractivity (Wildman–Crippen MR) is 95.2 cm³/mol. The summed E-state index contributed by atoms with van der Waals surface area (Å²) in [4.78, 5) is 11.4. The molecule has 0 aromatic heterocycles. The SMILES string of the molecule is CCCCCCCCOC1([C]=O)C=CC(c2ccccc2)C=C1. The third-order valence-electron chi connectivity index (χ3n) is 4.29. The van der Waals surface area contributed by atoms with Gasteiger partial charge in [0.05, 0.1) is 0 Å². The number of benzene rings is 1. The Morgan fingerprint density at radius 3 is 2.30 bits per heavy atom. The fourth-order valence-corrected chi connectivity index (χ4v) is 2.83. The van der Waals surface area contributed by atoms with Gasteiger partial charge < -0.3 is 4.74 Å². The van der Waals surface area contributed by atoms with Crippen molar-refractivity contribution in [1.29, 1.82) is 0 Å². The summed E-state index contributed by atoms with van der Waals surface area (Å²) >= 11 is 0. The van der Waals surface area contributed by atoms with Crippen LogP contribution in [0.1, 0.15) is 56.9 Å². The van der Waals surface area contributed by atoms with Crippen LogP contribution in [0.3, 0.4) is 0 Å². The molecule has 0 heterocycles. The fraction of sp³-hybridized carbons (Fsp3) is 0.476. The first-order valence-corrected chi connectivity index (χ1v) is 8.76. The number of allylic oxidation sites excluding steroid dienone is 2. The van der Waals surface area contributed by atoms with Gasteiger partial charge in [0.2, 0.25) is 6.29 Å². The monoisotopic (exact) mass is 311 g/mol. The van der Waals surface area contributed by atoms with Gasteiger partial charge in [-0.3, -0.25) is 4.79 Å². The predicted octanol–water partition coefficient (Wildman–Crippen LogP) is 5.12. The summed E-state index contributed by atoms with van der Waals surface area (Å²) in [5.74, 6) is 0.204. The highest BCUT2D eigenvalue weighted by molar-refractivity contribution is 5.71. The maximum Gasteiger partial charge on any atom is 0.241 e. The smallest absolute Gasteiger partial charge is 0.241 e. The van der Waals surface area contributed by atoms with E-state index in [1.54, 1.807) is 0 Å². The number of ether oxygens (including phenoxy) is 1. The minimum Gasteiger partial charge on any atom is -0.358 e. The molecule has 0 N–H and O–H groups in total. The van der Waals surface area contributed by atoms with Crippen LogP contribution in [-0.4, -0.2) is 18.5 Å². The maximum absolute atomic E-state index is 11.4. The highest BCUT2D eigenvalue weighted by atomic mass is 16.5. The van der Waals surface area contributed by atoms with E-state index in [4.69, 9.17) is 4.74 Å². The molecule has 0 unspecified atom stereocenters. The lowest BCUT2D eigenvalue weighted by atomic mass is 9.89. The zero-order valence-corrected chi connectivity index (χ0v) is 14.0. The van der Waals surface area contributed by atoms with E-state index in [0.29, 0.717) is 6.61 Å². The summed E-state index contributed by atoms with van der Waals surface area (Å²) in [6.07, 6.45) is 17.1. The molecule has 0 saturated heterocycles. The van der Waals surface area contributed by atoms with Crippen molar-refractivity contribution in [3.05, 3.63) is 60.2 Å². The minimum atomic E-state index is -0.991. The summed E-state index contributed by atoms with van der Waals surface area (Å²) in [5.41, 5.74) is 0.227. The molecular formula is C21H27O2. The molecule has 123 valence electrons. The summed E-state index contributed by atoms with van der Waals surface area (Å²) < 4.78 is 5.81. The average molecular weight is 311 g/mol. The van der Waals surface area contributed by atoms with Crippen LogP contribution >= 0.6 is 0 Å². The van der Waals surface area contributed by atoms with E-state index in [2.05, 4.69) is 25.3 Å². The van der Waals surface area contributed by atoms with Gasteiger partial charge in [-0.05, 0) is 24.1 Å². The van der Waals surface area contributed by atoms with E-state index >= 15 is 0 Å². The molecule has 1 aliphatic rings. The molecular weight excluding hydrogens is 284 g/mol. The summed E-state index contributed by atoms with van der Waals surface area (Å²) in [5, 5.41) is 0. The lowest BCUT2D eigenvalue weighted by Gasteiger charge is -2.25. The Kier molecular flexibility index (Phi) is 7.28. The first-order valence-electron chi connectivity index (χ1n) is 8.76. The van der Waals surface area contributed by atoms with E-state index < -0.39 is 5.60 Å². The standard InChI is InChI=1S/C21H27O2/c1-2-3-4-5-6-10-17-23-21(18-22)15-13-20(14-16-21)19-11-8-7-9-12-19/h7-9,11-16,20H,2-6,10,17H2,1H3. The Bertz CT molecular complexity index is 502. The van der Waals surface area contributed by atoms with Crippen molar-refractivity contribution in [2.24, 2.45) is 0 Å². The molecule has 2 nitrogen and oxygen atoms in total. The van der Waals surface area contributed by atoms with Gasteiger partial charge in [0.15, 0.2) is 5.60 Å². The van der Waals surface area contributed by atoms with Gasteiger partial charge in [-0.2, -0.15) is 0 Å². The highest BCUT2D eigenvalue weighted by Crippen LogP contribution is 2.27. The Morgan fingerprint density at radius 2 is 1.65 bits per heavy atom. The average Bonchev–Trinajstić information content (AvgIpc) is 2.62. The number of hydrogen-bond donors (Lipinski definition) is 0. The highest BCUT2D eigenvalue weighted by Gasteiger charge is 2.28. The second-order valence-corrected chi connectivity index (χ2v) is 6.17. The van der Waals surface area contributed by atoms with Crippen molar-refractivity contribution in [3.8, 4) is 0 Å². The minimum absolute atomic E-state index is 0.204. The summed E-state index contributed by atoms with van der Waals surface area (Å²) in [7, 11) is 0. The number of carbonyl (C=O) groups excluding carboxylic acids is 1. The number of hydrogen-bond acceptors (Lipinski definition) is 2. The molecule has 0 spiro atoms. The van der Waals surface area contributed by atoms with Crippen LogP contribution in [0.15, 0.2) is 54.6 Å².